The number of pyridine rings is 1. The maximum Gasteiger partial charge on any atom is 0.351 e. The Kier molecular flexibility index (Phi) is 4.73. The highest BCUT2D eigenvalue weighted by atomic mass is 16.5. The largest absolute Gasteiger partial charge is 0.497 e. The lowest BCUT2D eigenvalue weighted by Crippen LogP contribution is -2.44. The van der Waals surface area contributed by atoms with E-state index in [1.54, 1.807) is 18.1 Å². The molecule has 0 radical (unpaired) electrons. The number of aryl methyl sites for hydroxylation is 1. The lowest BCUT2D eigenvalue weighted by atomic mass is 9.96. The number of nitrogens with two attached hydrogens (primary N) is 1. The second-order valence-electron chi connectivity index (χ2n) is 7.41. The maximum atomic E-state index is 13.0. The van der Waals surface area contributed by atoms with Crippen molar-refractivity contribution in [3.05, 3.63) is 40.3 Å². The molecule has 2 N–H and O–H groups in total. The molecule has 152 valence electrons. The van der Waals surface area contributed by atoms with Gasteiger partial charge in [0.1, 0.15) is 12.3 Å². The summed E-state index contributed by atoms with van der Waals surface area (Å²) < 4.78 is 7.99. The fourth-order valence-electron chi connectivity index (χ4n) is 3.90. The average molecular weight is 397 g/mol. The number of primary amides is 1. The van der Waals surface area contributed by atoms with Gasteiger partial charge >= 0.3 is 5.69 Å². The van der Waals surface area contributed by atoms with Gasteiger partial charge in [-0.1, -0.05) is 0 Å². The number of carbonyl (C=O) groups is 2. The lowest BCUT2D eigenvalue weighted by molar-refractivity contribution is -0.135. The minimum atomic E-state index is -0.362. The van der Waals surface area contributed by atoms with Crippen molar-refractivity contribution < 1.29 is 14.3 Å². The molecular formula is C20H23N5O4. The van der Waals surface area contributed by atoms with Gasteiger partial charge in [0.25, 0.3) is 0 Å². The normalized spacial score (nSPS) is 15.2. The number of piperidine rings is 1. The Labute approximate surface area is 166 Å². The van der Waals surface area contributed by atoms with E-state index in [-0.39, 0.29) is 30.0 Å². The third kappa shape index (κ3) is 3.32. The van der Waals surface area contributed by atoms with Crippen LogP contribution in [0.4, 0.5) is 0 Å². The highest BCUT2D eigenvalue weighted by molar-refractivity contribution is 5.85. The Bertz CT molecular complexity index is 1170. The van der Waals surface area contributed by atoms with E-state index in [2.05, 4.69) is 5.10 Å². The van der Waals surface area contributed by atoms with Crippen LogP contribution in [0.1, 0.15) is 18.4 Å². The molecule has 1 aliphatic heterocycles. The first-order valence-corrected chi connectivity index (χ1v) is 9.53. The number of amides is 2. The number of methoxy groups -OCH3 is 1. The molecule has 1 saturated heterocycles. The van der Waals surface area contributed by atoms with E-state index < -0.39 is 0 Å². The zero-order valence-electron chi connectivity index (χ0n) is 16.4. The topological polar surface area (TPSA) is 112 Å². The number of fused-ring (bicyclic) bond motifs is 3. The number of benzene rings is 1. The van der Waals surface area contributed by atoms with Crippen molar-refractivity contribution >= 4 is 28.4 Å². The fraction of sp³-hybridized carbons (Fsp3) is 0.400. The molecule has 1 fully saturated rings. The smallest absolute Gasteiger partial charge is 0.351 e. The molecule has 0 aliphatic carbocycles. The van der Waals surface area contributed by atoms with Gasteiger partial charge in [0, 0.05) is 24.4 Å². The van der Waals surface area contributed by atoms with Crippen molar-refractivity contribution in [1.82, 2.24) is 19.1 Å². The third-order valence-electron chi connectivity index (χ3n) is 5.57. The molecule has 29 heavy (non-hydrogen) atoms. The van der Waals surface area contributed by atoms with Crippen LogP contribution in [0.15, 0.2) is 29.1 Å². The van der Waals surface area contributed by atoms with Gasteiger partial charge in [0.2, 0.25) is 11.8 Å². The summed E-state index contributed by atoms with van der Waals surface area (Å²) in [5.41, 5.74) is 7.04. The summed E-state index contributed by atoms with van der Waals surface area (Å²) in [6, 6.07) is 7.40. The summed E-state index contributed by atoms with van der Waals surface area (Å²) in [7, 11) is 1.59. The van der Waals surface area contributed by atoms with E-state index in [0.717, 1.165) is 10.9 Å². The van der Waals surface area contributed by atoms with Crippen molar-refractivity contribution in [2.45, 2.75) is 26.3 Å². The quantitative estimate of drug-likeness (QED) is 0.696. The van der Waals surface area contributed by atoms with E-state index in [0.29, 0.717) is 42.8 Å². The summed E-state index contributed by atoms with van der Waals surface area (Å²) in [5, 5.41) is 5.25. The number of aromatic nitrogens is 3. The number of carbonyl (C=O) groups excluding carboxylic acids is 2. The van der Waals surface area contributed by atoms with Crippen LogP contribution < -0.4 is 16.2 Å². The molecule has 2 amide bonds. The first-order valence-electron chi connectivity index (χ1n) is 9.53. The minimum absolute atomic E-state index is 0.140. The van der Waals surface area contributed by atoms with Gasteiger partial charge in [-0.05, 0) is 49.6 Å². The molecule has 0 saturated carbocycles. The number of likely N-dealkylation sites (tertiary alicyclic amines) is 1. The molecule has 0 atom stereocenters. The van der Waals surface area contributed by atoms with E-state index in [1.165, 1.54) is 9.08 Å². The van der Waals surface area contributed by atoms with Gasteiger partial charge in [0.15, 0.2) is 5.65 Å². The zero-order valence-corrected chi connectivity index (χ0v) is 16.4. The molecule has 3 heterocycles. The summed E-state index contributed by atoms with van der Waals surface area (Å²) in [4.78, 5) is 38.7. The van der Waals surface area contributed by atoms with Crippen LogP contribution >= 0.6 is 0 Å². The molecule has 0 unspecified atom stereocenters. The second kappa shape index (κ2) is 7.23. The van der Waals surface area contributed by atoms with Gasteiger partial charge in [-0.25, -0.2) is 13.9 Å². The maximum absolute atomic E-state index is 13.0. The zero-order chi connectivity index (χ0) is 20.7. The van der Waals surface area contributed by atoms with Crippen LogP contribution in [0.3, 0.4) is 0 Å². The summed E-state index contributed by atoms with van der Waals surface area (Å²) in [6.07, 6.45) is 1.10. The predicted molar refractivity (Wildman–Crippen MR) is 107 cm³/mol. The van der Waals surface area contributed by atoms with Gasteiger partial charge in [-0.2, -0.15) is 0 Å². The van der Waals surface area contributed by atoms with E-state index >= 15 is 0 Å². The molecule has 9 nitrogen and oxygen atoms in total. The van der Waals surface area contributed by atoms with Crippen LogP contribution in [0.2, 0.25) is 0 Å². The van der Waals surface area contributed by atoms with E-state index in [4.69, 9.17) is 10.5 Å². The van der Waals surface area contributed by atoms with E-state index in [1.807, 2.05) is 25.1 Å². The van der Waals surface area contributed by atoms with Gasteiger partial charge in [-0.15, -0.1) is 5.10 Å². The van der Waals surface area contributed by atoms with Crippen molar-refractivity contribution in [1.29, 1.82) is 0 Å². The molecule has 1 aliphatic rings. The number of ether oxygens (including phenoxy) is 1. The first-order chi connectivity index (χ1) is 13.9. The highest BCUT2D eigenvalue weighted by Crippen LogP contribution is 2.23. The molecule has 1 aromatic carbocycles. The Balaban J connectivity index is 1.65. The van der Waals surface area contributed by atoms with Crippen LogP contribution in [0.25, 0.3) is 16.6 Å². The molecule has 3 aromatic rings. The average Bonchev–Trinajstić information content (AvgIpc) is 3.04. The molecule has 9 heteroatoms. The SMILES string of the molecule is COc1ccc2c(c1)cc(C)c1nn(CC(=O)N3CCC(C(N)=O)CC3)c(=O)n12. The summed E-state index contributed by atoms with van der Waals surface area (Å²) in [6.45, 7) is 2.65. The fourth-order valence-corrected chi connectivity index (χ4v) is 3.90. The summed E-state index contributed by atoms with van der Waals surface area (Å²) >= 11 is 0. The first kappa shape index (κ1) is 19.0. The van der Waals surface area contributed by atoms with Crippen molar-refractivity contribution in [3.63, 3.8) is 0 Å². The third-order valence-corrected chi connectivity index (χ3v) is 5.57. The van der Waals surface area contributed by atoms with Gasteiger partial charge in [0.05, 0.1) is 12.6 Å². The number of rotatable bonds is 4. The van der Waals surface area contributed by atoms with Crippen LogP contribution in [-0.2, 0) is 16.1 Å². The van der Waals surface area contributed by atoms with Gasteiger partial charge in [-0.3, -0.25) is 9.59 Å². The molecule has 2 aromatic heterocycles. The standard InChI is InChI=1S/C20H23N5O4/c1-12-9-14-10-15(29-2)3-4-16(14)25-19(12)22-24(20(25)28)11-17(26)23-7-5-13(6-8-23)18(21)27/h3-4,9-10,13H,5-8,11H2,1-2H3,(H2,21,27). The van der Waals surface area contributed by atoms with Crippen molar-refractivity contribution in [2.75, 3.05) is 20.2 Å². The molecule has 0 bridgehead atoms. The van der Waals surface area contributed by atoms with Crippen LogP contribution in [-0.4, -0.2) is 51.1 Å². The predicted octanol–water partition coefficient (Wildman–Crippen LogP) is 0.690. The molecule has 0 spiro atoms. The van der Waals surface area contributed by atoms with Gasteiger partial charge < -0.3 is 15.4 Å². The number of hydrogen-bond acceptors (Lipinski definition) is 5. The Morgan fingerprint density at radius 3 is 2.62 bits per heavy atom. The van der Waals surface area contributed by atoms with Crippen molar-refractivity contribution in [2.24, 2.45) is 11.7 Å². The van der Waals surface area contributed by atoms with E-state index in [9.17, 15) is 14.4 Å². The Hall–Kier alpha value is -3.36. The summed E-state index contributed by atoms with van der Waals surface area (Å²) in [5.74, 6) is -0.0103. The number of nitrogens with zero attached hydrogens (tertiary/aromatic N) is 4. The van der Waals surface area contributed by atoms with Crippen LogP contribution in [0.5, 0.6) is 5.75 Å². The molecule has 4 rings (SSSR count). The van der Waals surface area contributed by atoms with Crippen molar-refractivity contribution in [3.8, 4) is 5.75 Å². The monoisotopic (exact) mass is 397 g/mol. The Morgan fingerprint density at radius 2 is 1.97 bits per heavy atom. The number of hydrogen-bond donors (Lipinski definition) is 1. The Morgan fingerprint density at radius 1 is 1.24 bits per heavy atom. The molecular weight excluding hydrogens is 374 g/mol. The second-order valence-corrected chi connectivity index (χ2v) is 7.41. The lowest BCUT2D eigenvalue weighted by Gasteiger charge is -2.30. The highest BCUT2D eigenvalue weighted by Gasteiger charge is 2.26. The minimum Gasteiger partial charge on any atom is -0.497 e. The van der Waals surface area contributed by atoms with Crippen LogP contribution in [0, 0.1) is 12.8 Å².